The number of carbonyl (C=O) groups excluding carboxylic acids is 1. The molecule has 0 N–H and O–H groups in total. The molecule has 0 atom stereocenters. The molecule has 1 saturated heterocycles. The van der Waals surface area contributed by atoms with E-state index < -0.39 is 5.82 Å². The van der Waals surface area contributed by atoms with Gasteiger partial charge in [0.25, 0.3) is 5.91 Å². The lowest BCUT2D eigenvalue weighted by molar-refractivity contribution is 0.0706. The van der Waals surface area contributed by atoms with Crippen molar-refractivity contribution in [1.29, 1.82) is 5.26 Å². The molecule has 5 nitrogen and oxygen atoms in total. The van der Waals surface area contributed by atoms with Crippen LogP contribution in [0.2, 0.25) is 5.02 Å². The number of likely N-dealkylation sites (tertiary alicyclic amines) is 1. The van der Waals surface area contributed by atoms with Crippen LogP contribution >= 0.6 is 11.6 Å². The Hall–Kier alpha value is -2.39. The Kier molecular flexibility index (Phi) is 4.54. The van der Waals surface area contributed by atoms with Crippen LogP contribution in [0, 0.1) is 30.0 Å². The summed E-state index contributed by atoms with van der Waals surface area (Å²) in [4.78, 5) is 14.5. The van der Waals surface area contributed by atoms with Crippen molar-refractivity contribution < 1.29 is 13.7 Å². The maximum Gasteiger partial charge on any atom is 0.259 e. The topological polar surface area (TPSA) is 70.1 Å². The van der Waals surface area contributed by atoms with Crippen molar-refractivity contribution in [2.75, 3.05) is 13.1 Å². The van der Waals surface area contributed by atoms with E-state index in [0.717, 1.165) is 0 Å². The van der Waals surface area contributed by atoms with Gasteiger partial charge >= 0.3 is 0 Å². The number of carbonyl (C=O) groups is 1. The number of halogens is 2. The van der Waals surface area contributed by atoms with E-state index in [1.165, 1.54) is 18.2 Å². The molecular formula is C17H15ClFN3O2. The Balaban J connectivity index is 1.97. The average Bonchev–Trinajstić information content (AvgIpc) is 2.95. The number of aryl methyl sites for hydroxylation is 1. The molecule has 124 valence electrons. The van der Waals surface area contributed by atoms with Crippen molar-refractivity contribution >= 4 is 17.5 Å². The van der Waals surface area contributed by atoms with Crippen LogP contribution in [0.15, 0.2) is 22.7 Å². The highest BCUT2D eigenvalue weighted by Gasteiger charge is 2.30. The molecule has 24 heavy (non-hydrogen) atoms. The molecule has 1 fully saturated rings. The van der Waals surface area contributed by atoms with E-state index in [4.69, 9.17) is 21.4 Å². The molecule has 0 spiro atoms. The highest BCUT2D eigenvalue weighted by molar-refractivity contribution is 6.33. The van der Waals surface area contributed by atoms with Crippen LogP contribution in [0.4, 0.5) is 4.39 Å². The number of benzene rings is 1. The molecule has 0 radical (unpaired) electrons. The molecule has 0 saturated carbocycles. The average molecular weight is 348 g/mol. The van der Waals surface area contributed by atoms with Gasteiger partial charge in [-0.25, -0.2) is 4.39 Å². The first-order valence-corrected chi connectivity index (χ1v) is 8.00. The van der Waals surface area contributed by atoms with Crippen molar-refractivity contribution in [2.45, 2.75) is 19.8 Å². The minimum atomic E-state index is -0.562. The first kappa shape index (κ1) is 16.5. The zero-order valence-corrected chi connectivity index (χ0v) is 13.8. The highest BCUT2D eigenvalue weighted by Crippen LogP contribution is 2.34. The van der Waals surface area contributed by atoms with Crippen molar-refractivity contribution in [2.24, 2.45) is 5.92 Å². The van der Waals surface area contributed by atoms with Gasteiger partial charge in [0.05, 0.1) is 16.7 Å². The van der Waals surface area contributed by atoms with Crippen LogP contribution in [0.25, 0.3) is 11.3 Å². The zero-order valence-electron chi connectivity index (χ0n) is 13.1. The van der Waals surface area contributed by atoms with Gasteiger partial charge in [-0.15, -0.1) is 0 Å². The SMILES string of the molecule is Cc1onc(-c2c(F)cccc2Cl)c1C(=O)N1CCC(C#N)CC1. The molecule has 1 aliphatic rings. The van der Waals surface area contributed by atoms with Crippen molar-refractivity contribution in [3.05, 3.63) is 40.4 Å². The fourth-order valence-corrected chi connectivity index (χ4v) is 3.14. The lowest BCUT2D eigenvalue weighted by Crippen LogP contribution is -2.38. The summed E-state index contributed by atoms with van der Waals surface area (Å²) in [6.45, 7) is 2.57. The predicted octanol–water partition coefficient (Wildman–Crippen LogP) is 3.82. The minimum absolute atomic E-state index is 0.0295. The highest BCUT2D eigenvalue weighted by atomic mass is 35.5. The summed E-state index contributed by atoms with van der Waals surface area (Å²) < 4.78 is 19.3. The van der Waals surface area contributed by atoms with Crippen LogP contribution in [-0.4, -0.2) is 29.1 Å². The minimum Gasteiger partial charge on any atom is -0.360 e. The monoisotopic (exact) mass is 347 g/mol. The molecule has 7 heteroatoms. The van der Waals surface area contributed by atoms with E-state index in [1.807, 2.05) is 0 Å². The van der Waals surface area contributed by atoms with Gasteiger partial charge in [-0.1, -0.05) is 22.8 Å². The van der Waals surface area contributed by atoms with Crippen LogP contribution in [0.1, 0.15) is 29.0 Å². The second-order valence-corrected chi connectivity index (χ2v) is 6.16. The quantitative estimate of drug-likeness (QED) is 0.828. The number of hydrogen-bond acceptors (Lipinski definition) is 4. The number of aromatic nitrogens is 1. The number of nitrogens with zero attached hydrogens (tertiary/aromatic N) is 3. The van der Waals surface area contributed by atoms with Crippen molar-refractivity contribution in [3.8, 4) is 17.3 Å². The van der Waals surface area contributed by atoms with Crippen molar-refractivity contribution in [3.63, 3.8) is 0 Å². The molecular weight excluding hydrogens is 333 g/mol. The van der Waals surface area contributed by atoms with E-state index in [9.17, 15) is 9.18 Å². The number of amides is 1. The molecule has 1 aromatic carbocycles. The smallest absolute Gasteiger partial charge is 0.259 e. The summed E-state index contributed by atoms with van der Waals surface area (Å²) in [6, 6.07) is 6.51. The van der Waals surface area contributed by atoms with Gasteiger partial charge in [-0.05, 0) is 31.9 Å². The Bertz CT molecular complexity index is 799. The number of hydrogen-bond donors (Lipinski definition) is 0. The summed E-state index contributed by atoms with van der Waals surface area (Å²) in [7, 11) is 0. The molecule has 1 aromatic heterocycles. The second kappa shape index (κ2) is 6.62. The second-order valence-electron chi connectivity index (χ2n) is 5.75. The Morgan fingerprint density at radius 2 is 2.17 bits per heavy atom. The summed E-state index contributed by atoms with van der Waals surface area (Å²) in [5.41, 5.74) is 0.395. The van der Waals surface area contributed by atoms with Crippen LogP contribution in [0.3, 0.4) is 0 Å². The summed E-state index contributed by atoms with van der Waals surface area (Å²) in [5.74, 6) is -0.553. The maximum absolute atomic E-state index is 14.2. The molecule has 2 aromatic rings. The van der Waals surface area contributed by atoms with Gasteiger partial charge in [0.15, 0.2) is 0 Å². The summed E-state index contributed by atoms with van der Waals surface area (Å²) >= 11 is 6.09. The van der Waals surface area contributed by atoms with Crippen LogP contribution in [-0.2, 0) is 0 Å². The van der Waals surface area contributed by atoms with E-state index in [0.29, 0.717) is 31.7 Å². The van der Waals surface area contributed by atoms with Gasteiger partial charge in [0.1, 0.15) is 22.8 Å². The van der Waals surface area contributed by atoms with Crippen LogP contribution < -0.4 is 0 Å². The molecule has 0 unspecified atom stereocenters. The Labute approximate surface area is 143 Å². The Morgan fingerprint density at radius 3 is 2.79 bits per heavy atom. The summed E-state index contributed by atoms with van der Waals surface area (Å²) in [5, 5.41) is 13.0. The van der Waals surface area contributed by atoms with Gasteiger partial charge in [0, 0.05) is 19.0 Å². The van der Waals surface area contributed by atoms with Gasteiger partial charge in [-0.2, -0.15) is 5.26 Å². The molecule has 1 aliphatic heterocycles. The standard InChI is InChI=1S/C17H15ClFN3O2/c1-10-14(17(23)22-7-5-11(9-20)6-8-22)16(21-24-10)15-12(18)3-2-4-13(15)19/h2-4,11H,5-8H2,1H3. The van der Waals surface area contributed by atoms with E-state index in [1.54, 1.807) is 11.8 Å². The lowest BCUT2D eigenvalue weighted by atomic mass is 9.97. The van der Waals surface area contributed by atoms with Gasteiger partial charge < -0.3 is 9.42 Å². The van der Waals surface area contributed by atoms with Crippen LogP contribution in [0.5, 0.6) is 0 Å². The fourth-order valence-electron chi connectivity index (χ4n) is 2.89. The van der Waals surface area contributed by atoms with E-state index in [2.05, 4.69) is 11.2 Å². The zero-order chi connectivity index (χ0) is 17.3. The third-order valence-corrected chi connectivity index (χ3v) is 4.56. The molecule has 1 amide bonds. The van der Waals surface area contributed by atoms with E-state index >= 15 is 0 Å². The molecule has 2 heterocycles. The Morgan fingerprint density at radius 1 is 1.46 bits per heavy atom. The fraction of sp³-hybridized carbons (Fsp3) is 0.353. The van der Waals surface area contributed by atoms with Gasteiger partial charge in [0.2, 0.25) is 0 Å². The normalized spacial score (nSPS) is 15.3. The lowest BCUT2D eigenvalue weighted by Gasteiger charge is -2.29. The third-order valence-electron chi connectivity index (χ3n) is 4.24. The summed E-state index contributed by atoms with van der Waals surface area (Å²) in [6.07, 6.45) is 1.25. The molecule has 0 aliphatic carbocycles. The predicted molar refractivity (Wildman–Crippen MR) is 85.9 cm³/mol. The molecule has 0 bridgehead atoms. The van der Waals surface area contributed by atoms with E-state index in [-0.39, 0.29) is 33.7 Å². The largest absolute Gasteiger partial charge is 0.360 e. The number of piperidine rings is 1. The maximum atomic E-state index is 14.2. The van der Waals surface area contributed by atoms with Crippen molar-refractivity contribution in [1.82, 2.24) is 10.1 Å². The van der Waals surface area contributed by atoms with Gasteiger partial charge in [-0.3, -0.25) is 4.79 Å². The first-order valence-electron chi connectivity index (χ1n) is 7.62. The number of rotatable bonds is 2. The first-order chi connectivity index (χ1) is 11.5. The molecule has 3 rings (SSSR count). The third kappa shape index (κ3) is 2.87. The number of nitriles is 1.